The summed E-state index contributed by atoms with van der Waals surface area (Å²) >= 11 is 0. The van der Waals surface area contributed by atoms with E-state index in [1.54, 1.807) is 0 Å². The van der Waals surface area contributed by atoms with Crippen LogP contribution in [0.1, 0.15) is 25.0 Å². The number of pyridine rings is 1. The highest BCUT2D eigenvalue weighted by Gasteiger charge is 2.37. The van der Waals surface area contributed by atoms with Crippen LogP contribution in [-0.2, 0) is 5.41 Å². The predicted molar refractivity (Wildman–Crippen MR) is 197 cm³/mol. The lowest BCUT2D eigenvalue weighted by atomic mass is 9.73. The summed E-state index contributed by atoms with van der Waals surface area (Å²) in [6.07, 6.45) is 3.73. The first kappa shape index (κ1) is 28.5. The SMILES string of the molecule is CC1(C)c2ccccc2N(c2ccccc2)c2cc(N(c3ccc(-c4ccccc4)cc3)c3ccc(-c4cccnc4)cc3)ccc21. The van der Waals surface area contributed by atoms with E-state index < -0.39 is 0 Å². The number of nitrogens with zero attached hydrogens (tertiary/aromatic N) is 3. The topological polar surface area (TPSA) is 19.4 Å². The average Bonchev–Trinajstić information content (AvgIpc) is 3.14. The zero-order chi connectivity index (χ0) is 31.8. The van der Waals surface area contributed by atoms with Gasteiger partial charge in [-0.1, -0.05) is 117 Å². The van der Waals surface area contributed by atoms with Gasteiger partial charge in [0.05, 0.1) is 11.4 Å². The molecule has 0 spiro atoms. The van der Waals surface area contributed by atoms with E-state index in [1.807, 2.05) is 18.5 Å². The van der Waals surface area contributed by atoms with Crippen molar-refractivity contribution in [3.63, 3.8) is 0 Å². The first-order valence-corrected chi connectivity index (χ1v) is 16.1. The summed E-state index contributed by atoms with van der Waals surface area (Å²) in [5.74, 6) is 0. The van der Waals surface area contributed by atoms with Crippen molar-refractivity contribution in [3.05, 3.63) is 187 Å². The molecular weight excluding hydrogens is 571 g/mol. The highest BCUT2D eigenvalue weighted by molar-refractivity contribution is 5.89. The molecule has 1 aromatic heterocycles. The third-order valence-electron chi connectivity index (χ3n) is 9.34. The molecule has 0 aliphatic carbocycles. The Morgan fingerprint density at radius 1 is 0.468 bits per heavy atom. The molecular formula is C44H35N3. The van der Waals surface area contributed by atoms with Crippen molar-refractivity contribution in [2.45, 2.75) is 19.3 Å². The zero-order valence-corrected chi connectivity index (χ0v) is 26.6. The summed E-state index contributed by atoms with van der Waals surface area (Å²) < 4.78 is 0. The highest BCUT2D eigenvalue weighted by Crippen LogP contribution is 2.53. The van der Waals surface area contributed by atoms with Gasteiger partial charge in [0.15, 0.2) is 0 Å². The molecule has 0 saturated carbocycles. The van der Waals surface area contributed by atoms with Gasteiger partial charge in [0.1, 0.15) is 0 Å². The van der Waals surface area contributed by atoms with Crippen molar-refractivity contribution >= 4 is 34.1 Å². The molecule has 8 rings (SSSR count). The smallest absolute Gasteiger partial charge is 0.0523 e. The minimum absolute atomic E-state index is 0.163. The first-order chi connectivity index (χ1) is 23.1. The molecule has 0 fully saturated rings. The Balaban J connectivity index is 1.29. The van der Waals surface area contributed by atoms with E-state index in [0.717, 1.165) is 33.9 Å². The van der Waals surface area contributed by atoms with Gasteiger partial charge < -0.3 is 9.80 Å². The number of hydrogen-bond acceptors (Lipinski definition) is 3. The van der Waals surface area contributed by atoms with Crippen LogP contribution < -0.4 is 9.80 Å². The number of anilines is 6. The summed E-state index contributed by atoms with van der Waals surface area (Å²) in [6.45, 7) is 4.67. The summed E-state index contributed by atoms with van der Waals surface area (Å²) in [5.41, 5.74) is 13.9. The normalized spacial score (nSPS) is 13.0. The molecule has 0 bridgehead atoms. The maximum Gasteiger partial charge on any atom is 0.0523 e. The van der Waals surface area contributed by atoms with Gasteiger partial charge in [-0.3, -0.25) is 4.98 Å². The number of aromatic nitrogens is 1. The fourth-order valence-corrected chi connectivity index (χ4v) is 6.92. The quantitative estimate of drug-likeness (QED) is 0.188. The second-order valence-electron chi connectivity index (χ2n) is 12.6. The molecule has 0 saturated heterocycles. The Bertz CT molecular complexity index is 2050. The number of hydrogen-bond donors (Lipinski definition) is 0. The summed E-state index contributed by atoms with van der Waals surface area (Å²) in [7, 11) is 0. The van der Waals surface area contributed by atoms with Crippen LogP contribution in [0.25, 0.3) is 22.3 Å². The first-order valence-electron chi connectivity index (χ1n) is 16.1. The van der Waals surface area contributed by atoms with Gasteiger partial charge in [-0.2, -0.15) is 0 Å². The van der Waals surface area contributed by atoms with E-state index >= 15 is 0 Å². The second-order valence-corrected chi connectivity index (χ2v) is 12.6. The average molecular weight is 606 g/mol. The van der Waals surface area contributed by atoms with Crippen molar-refractivity contribution in [1.29, 1.82) is 0 Å². The largest absolute Gasteiger partial charge is 0.310 e. The Hall–Kier alpha value is -5.93. The maximum absolute atomic E-state index is 4.33. The maximum atomic E-state index is 4.33. The molecule has 3 heteroatoms. The van der Waals surface area contributed by atoms with Crippen LogP contribution in [0.5, 0.6) is 0 Å². The van der Waals surface area contributed by atoms with Crippen molar-refractivity contribution in [2.24, 2.45) is 0 Å². The summed E-state index contributed by atoms with van der Waals surface area (Å²) in [6, 6.07) is 58.8. The summed E-state index contributed by atoms with van der Waals surface area (Å²) in [4.78, 5) is 9.11. The van der Waals surface area contributed by atoms with Gasteiger partial charge in [-0.15, -0.1) is 0 Å². The van der Waals surface area contributed by atoms with Crippen LogP contribution in [0.4, 0.5) is 34.1 Å². The van der Waals surface area contributed by atoms with Gasteiger partial charge >= 0.3 is 0 Å². The summed E-state index contributed by atoms with van der Waals surface area (Å²) in [5, 5.41) is 0. The number of benzene rings is 6. The van der Waals surface area contributed by atoms with Crippen LogP contribution in [0, 0.1) is 0 Å². The fraction of sp³-hybridized carbons (Fsp3) is 0.0682. The van der Waals surface area contributed by atoms with E-state index in [1.165, 1.54) is 33.6 Å². The van der Waals surface area contributed by atoms with E-state index in [0.29, 0.717) is 0 Å². The second kappa shape index (κ2) is 11.8. The lowest BCUT2D eigenvalue weighted by Crippen LogP contribution is -2.30. The van der Waals surface area contributed by atoms with Crippen LogP contribution in [0.2, 0.25) is 0 Å². The Kier molecular flexibility index (Phi) is 7.15. The zero-order valence-electron chi connectivity index (χ0n) is 26.6. The highest BCUT2D eigenvalue weighted by atomic mass is 15.2. The van der Waals surface area contributed by atoms with Crippen molar-refractivity contribution in [2.75, 3.05) is 9.80 Å². The van der Waals surface area contributed by atoms with Gasteiger partial charge in [0.2, 0.25) is 0 Å². The van der Waals surface area contributed by atoms with E-state index in [4.69, 9.17) is 0 Å². The molecule has 6 aromatic carbocycles. The van der Waals surface area contributed by atoms with Gasteiger partial charge in [0.25, 0.3) is 0 Å². The van der Waals surface area contributed by atoms with Gasteiger partial charge in [0, 0.05) is 40.6 Å². The number of rotatable bonds is 6. The minimum Gasteiger partial charge on any atom is -0.310 e. The van der Waals surface area contributed by atoms with Crippen LogP contribution in [-0.4, -0.2) is 4.98 Å². The molecule has 47 heavy (non-hydrogen) atoms. The third-order valence-corrected chi connectivity index (χ3v) is 9.34. The van der Waals surface area contributed by atoms with Crippen molar-refractivity contribution in [3.8, 4) is 22.3 Å². The number of fused-ring (bicyclic) bond motifs is 2. The molecule has 0 radical (unpaired) electrons. The van der Waals surface area contributed by atoms with Crippen LogP contribution >= 0.6 is 0 Å². The van der Waals surface area contributed by atoms with Crippen molar-refractivity contribution < 1.29 is 0 Å². The minimum atomic E-state index is -0.163. The molecule has 1 aliphatic rings. The lowest BCUT2D eigenvalue weighted by molar-refractivity contribution is 0.632. The number of para-hydroxylation sites is 2. The Morgan fingerprint density at radius 3 is 1.66 bits per heavy atom. The lowest BCUT2D eigenvalue weighted by Gasteiger charge is -2.42. The molecule has 226 valence electrons. The molecule has 0 N–H and O–H groups in total. The molecule has 7 aromatic rings. The fourth-order valence-electron chi connectivity index (χ4n) is 6.92. The monoisotopic (exact) mass is 605 g/mol. The van der Waals surface area contributed by atoms with Gasteiger partial charge in [-0.05, 0) is 94.0 Å². The van der Waals surface area contributed by atoms with E-state index in [2.05, 4.69) is 186 Å². The van der Waals surface area contributed by atoms with Crippen LogP contribution in [0.3, 0.4) is 0 Å². The molecule has 0 unspecified atom stereocenters. The molecule has 0 atom stereocenters. The standard InChI is InChI=1S/C44H35N3/c1-44(2)40-17-9-10-18-42(40)47(36-15-7-4-8-16-36)43-30-39(27-28-41(43)44)46(37-23-19-33(20-24-37)32-12-5-3-6-13-32)38-25-21-34(22-26-38)35-14-11-29-45-31-35/h3-31H,1-2H3. The van der Waals surface area contributed by atoms with Gasteiger partial charge in [-0.25, -0.2) is 0 Å². The molecule has 0 amide bonds. The third kappa shape index (κ3) is 5.16. The van der Waals surface area contributed by atoms with Crippen LogP contribution in [0.15, 0.2) is 176 Å². The molecule has 2 heterocycles. The van der Waals surface area contributed by atoms with Crippen molar-refractivity contribution in [1.82, 2.24) is 4.98 Å². The Labute approximate surface area is 277 Å². The van der Waals surface area contributed by atoms with E-state index in [9.17, 15) is 0 Å². The molecule has 3 nitrogen and oxygen atoms in total. The Morgan fingerprint density at radius 2 is 1.00 bits per heavy atom. The van der Waals surface area contributed by atoms with E-state index in [-0.39, 0.29) is 5.41 Å². The molecule has 1 aliphatic heterocycles. The predicted octanol–water partition coefficient (Wildman–Crippen LogP) is 12.0.